The summed E-state index contributed by atoms with van der Waals surface area (Å²) in [5.41, 5.74) is 4.73. The van der Waals surface area contributed by atoms with Gasteiger partial charge in [0, 0.05) is 32.7 Å². The lowest BCUT2D eigenvalue weighted by Gasteiger charge is -2.50. The number of ether oxygens (including phenoxy) is 1. The molecule has 10 nitrogen and oxygen atoms in total. The maximum absolute atomic E-state index is 15.8. The molecule has 11 aromatic rings. The van der Waals surface area contributed by atoms with Crippen molar-refractivity contribution in [3.05, 3.63) is 334 Å². The fourth-order valence-electron chi connectivity index (χ4n) is 11.3. The molecule has 2 N–H and O–H groups in total. The van der Waals surface area contributed by atoms with Crippen molar-refractivity contribution in [2.45, 2.75) is 28.7 Å². The van der Waals surface area contributed by atoms with E-state index in [-0.39, 0.29) is 26.2 Å². The number of anilines is 1. The second-order valence-corrected chi connectivity index (χ2v) is 26.2. The van der Waals surface area contributed by atoms with Crippen LogP contribution in [0.1, 0.15) is 61.2 Å². The Balaban J connectivity index is 0.926. The Morgan fingerprint density at radius 2 is 1.11 bits per heavy atom. The maximum atomic E-state index is 15.8. The van der Waals surface area contributed by atoms with Gasteiger partial charge in [0.1, 0.15) is 38.8 Å². The van der Waals surface area contributed by atoms with E-state index in [2.05, 4.69) is 63.0 Å². The SMILES string of the molecule is O=C(NC1C(=O)N2C(C(=S)OC(c3ccccc3)c3ccccc3)=C(c3sc4ccsc4c(=O)c3Br)CS[C@H]12)C(=NOC(c1ccccc1)(c1ccccc1)c1ccccc1)c1nc(NC(c2ccccc2)(c2ccccc2)c2ccccc2)sc1Cl. The number of aromatic nitrogens is 1. The minimum atomic E-state index is -1.43. The predicted molar refractivity (Wildman–Crippen MR) is 361 cm³/mol. The van der Waals surface area contributed by atoms with Crippen molar-refractivity contribution in [3.63, 3.8) is 0 Å². The molecule has 1 fully saturated rings. The van der Waals surface area contributed by atoms with E-state index < -0.39 is 40.5 Å². The lowest BCUT2D eigenvalue weighted by atomic mass is 9.77. The van der Waals surface area contributed by atoms with Crippen molar-refractivity contribution in [1.82, 2.24) is 15.2 Å². The Bertz CT molecular complexity index is 4200. The molecule has 1 saturated heterocycles. The fraction of sp³-hybridized carbons (Fsp3) is 0.0857. The molecule has 87 heavy (non-hydrogen) atoms. The van der Waals surface area contributed by atoms with Gasteiger partial charge < -0.3 is 20.2 Å². The van der Waals surface area contributed by atoms with Crippen molar-refractivity contribution in [2.75, 3.05) is 11.1 Å². The molecule has 428 valence electrons. The van der Waals surface area contributed by atoms with Crippen molar-refractivity contribution >= 4 is 128 Å². The zero-order valence-electron chi connectivity index (χ0n) is 45.9. The highest BCUT2D eigenvalue weighted by atomic mass is 79.9. The van der Waals surface area contributed by atoms with Gasteiger partial charge in [-0.25, -0.2) is 4.98 Å². The molecule has 2 atom stereocenters. The van der Waals surface area contributed by atoms with Gasteiger partial charge in [-0.3, -0.25) is 19.3 Å². The van der Waals surface area contributed by atoms with Crippen molar-refractivity contribution in [1.29, 1.82) is 0 Å². The molecule has 0 aliphatic carbocycles. The van der Waals surface area contributed by atoms with Gasteiger partial charge in [-0.15, -0.1) is 34.4 Å². The first-order valence-electron chi connectivity index (χ1n) is 27.7. The number of oxime groups is 1. The molecule has 2 amide bonds. The number of carbonyl (C=O) groups is 2. The van der Waals surface area contributed by atoms with E-state index in [1.165, 1.54) is 34.4 Å². The smallest absolute Gasteiger partial charge is 0.276 e. The van der Waals surface area contributed by atoms with Crippen molar-refractivity contribution in [2.24, 2.45) is 5.16 Å². The number of amides is 2. The molecule has 0 radical (unpaired) electrons. The van der Waals surface area contributed by atoms with Gasteiger partial charge >= 0.3 is 0 Å². The van der Waals surface area contributed by atoms with Crippen LogP contribution in [0.2, 0.25) is 4.34 Å². The highest BCUT2D eigenvalue weighted by molar-refractivity contribution is 9.10. The molecule has 0 bridgehead atoms. The predicted octanol–water partition coefficient (Wildman–Crippen LogP) is 16.3. The Labute approximate surface area is 537 Å². The van der Waals surface area contributed by atoms with Crippen LogP contribution in [0.3, 0.4) is 0 Å². The molecule has 0 spiro atoms. The highest BCUT2D eigenvalue weighted by Gasteiger charge is 2.55. The van der Waals surface area contributed by atoms with E-state index in [0.717, 1.165) is 60.5 Å². The number of β-lactam (4-membered cyclic amide) rings is 1. The van der Waals surface area contributed by atoms with E-state index in [1.807, 2.05) is 218 Å². The lowest BCUT2D eigenvalue weighted by molar-refractivity contribution is -0.144. The average Bonchev–Trinajstić information content (AvgIpc) is 2.82. The third kappa shape index (κ3) is 10.9. The standard InChI is InChI=1S/C70H49BrClN5O5S5/c71-54-59(78)62-53(41-42-84-62)86-61(54)52-43-85-66-57(65(80)77(66)58(52)67(83)81-60(44-25-9-1-10-26-44)45-27-11-2-12-28-45)73-64(79)56(76-82-70(49-35-19-6-20-36-49,50-37-21-7-22-38-50)51-39-23-8-24-40-51)55-63(72)87-68(74-55)75-69(46-29-13-3-14-30-46,47-31-15-4-16-32-47)48-33-17-5-18-34-48/h1-42,57,60,66H,43H2,(H,73,79)(H,74,75)/t57?,66-/m1/s1. The number of thioether (sulfide) groups is 1. The van der Waals surface area contributed by atoms with Gasteiger partial charge in [0.25, 0.3) is 11.8 Å². The highest BCUT2D eigenvalue weighted by Crippen LogP contribution is 2.49. The largest absolute Gasteiger partial charge is 0.469 e. The summed E-state index contributed by atoms with van der Waals surface area (Å²) in [6.07, 6.45) is -0.663. The molecule has 2 aliphatic heterocycles. The summed E-state index contributed by atoms with van der Waals surface area (Å²) in [5, 5.41) is 13.4. The summed E-state index contributed by atoms with van der Waals surface area (Å²) >= 11 is 22.9. The molecule has 17 heteroatoms. The van der Waals surface area contributed by atoms with E-state index in [1.54, 1.807) is 4.90 Å². The molecule has 8 aromatic carbocycles. The number of fused-ring (bicyclic) bond motifs is 2. The number of thiazole rings is 1. The summed E-state index contributed by atoms with van der Waals surface area (Å²) < 4.78 is 8.82. The number of nitrogens with zero attached hydrogens (tertiary/aromatic N) is 3. The van der Waals surface area contributed by atoms with Crippen molar-refractivity contribution < 1.29 is 19.2 Å². The number of hydrogen-bond acceptors (Lipinski definition) is 13. The second kappa shape index (κ2) is 25.2. The number of thiocarbonyl (C=S) groups is 1. The lowest BCUT2D eigenvalue weighted by Crippen LogP contribution is -2.71. The number of nitrogens with one attached hydrogen (secondary N) is 2. The molecule has 13 rings (SSSR count). The first kappa shape index (κ1) is 57.7. The number of benzene rings is 8. The molecular weight excluding hydrogens is 1270 g/mol. The monoisotopic (exact) mass is 1310 g/mol. The number of carbonyl (C=O) groups excluding carboxylic acids is 2. The van der Waals surface area contributed by atoms with Crippen LogP contribution in [0, 0.1) is 0 Å². The van der Waals surface area contributed by atoms with E-state index >= 15 is 9.59 Å². The van der Waals surface area contributed by atoms with Gasteiger partial charge in [0.05, 0.1) is 14.0 Å². The Kier molecular flexibility index (Phi) is 16.7. The minimum absolute atomic E-state index is 0.0154. The first-order valence-corrected chi connectivity index (χ1v) is 32.8. The van der Waals surface area contributed by atoms with E-state index in [4.69, 9.17) is 43.5 Å². The van der Waals surface area contributed by atoms with Crippen LogP contribution in [-0.2, 0) is 30.3 Å². The van der Waals surface area contributed by atoms with Gasteiger partial charge in [-0.2, -0.15) is 0 Å². The van der Waals surface area contributed by atoms with Crippen LogP contribution >= 0.6 is 85.5 Å². The Morgan fingerprint density at radius 3 is 1.60 bits per heavy atom. The average molecular weight is 1320 g/mol. The number of thiophene rings is 1. The van der Waals surface area contributed by atoms with Gasteiger partial charge in [0.2, 0.25) is 16.1 Å². The van der Waals surface area contributed by atoms with E-state index in [9.17, 15) is 4.79 Å². The number of hydrogen-bond donors (Lipinski definition) is 2. The summed E-state index contributed by atoms with van der Waals surface area (Å²) in [4.78, 5) is 59.7. The van der Waals surface area contributed by atoms with Gasteiger partial charge in [-0.1, -0.05) is 271 Å². The molecule has 2 aliphatic rings. The molecule has 1 unspecified atom stereocenters. The summed E-state index contributed by atoms with van der Waals surface area (Å²) in [7, 11) is 0. The quantitative estimate of drug-likeness (QED) is 0.0284. The summed E-state index contributed by atoms with van der Waals surface area (Å²) in [5.74, 6) is -0.946. The molecule has 0 saturated carbocycles. The number of rotatable bonds is 18. The normalized spacial score (nSPS) is 15.2. The van der Waals surface area contributed by atoms with Gasteiger partial charge in [-0.05, 0) is 67.4 Å². The van der Waals surface area contributed by atoms with Crippen molar-refractivity contribution in [3.8, 4) is 0 Å². The first-order chi connectivity index (χ1) is 42.6. The number of halogens is 2. The second-order valence-electron chi connectivity index (χ2n) is 20.4. The fourth-order valence-corrected chi connectivity index (χ4v) is 17.0. The third-order valence-corrected chi connectivity index (χ3v) is 21.4. The van der Waals surface area contributed by atoms with Gasteiger partial charge in [0.15, 0.2) is 10.8 Å². The third-order valence-electron chi connectivity index (χ3n) is 15.4. The summed E-state index contributed by atoms with van der Waals surface area (Å²) in [6.45, 7) is 0. The van der Waals surface area contributed by atoms with Crippen LogP contribution in [0.5, 0.6) is 0 Å². The summed E-state index contributed by atoms with van der Waals surface area (Å²) in [6, 6.07) is 79.6. The maximum Gasteiger partial charge on any atom is 0.276 e. The molecule has 5 heterocycles. The van der Waals surface area contributed by atoms with Crippen LogP contribution < -0.4 is 16.1 Å². The molecular formula is C70H49BrClN5O5S5. The zero-order chi connectivity index (χ0) is 59.5. The minimum Gasteiger partial charge on any atom is -0.469 e. The van der Waals surface area contributed by atoms with Crippen LogP contribution in [-0.4, -0.2) is 49.6 Å². The Hall–Kier alpha value is -8.32. The van der Waals surface area contributed by atoms with Crippen LogP contribution in [0.15, 0.2) is 274 Å². The topological polar surface area (TPSA) is 122 Å². The van der Waals surface area contributed by atoms with Crippen LogP contribution in [0.4, 0.5) is 5.13 Å². The zero-order valence-corrected chi connectivity index (χ0v) is 52.3. The van der Waals surface area contributed by atoms with E-state index in [0.29, 0.717) is 36.2 Å². The Morgan fingerprint density at radius 1 is 0.655 bits per heavy atom. The van der Waals surface area contributed by atoms with Crippen LogP contribution in [0.25, 0.3) is 15.0 Å². The molecule has 3 aromatic heterocycles.